The minimum absolute atomic E-state index is 0.00996. The van der Waals surface area contributed by atoms with E-state index in [9.17, 15) is 14.4 Å². The molecule has 2 aliphatic carbocycles. The number of fused-ring (bicyclic) bond motifs is 2. The van der Waals surface area contributed by atoms with E-state index in [2.05, 4.69) is 0 Å². The molecule has 1 aliphatic heterocycles. The lowest BCUT2D eigenvalue weighted by molar-refractivity contribution is -0.159. The first-order valence-corrected chi connectivity index (χ1v) is 11.2. The molecule has 2 saturated carbocycles. The van der Waals surface area contributed by atoms with E-state index < -0.39 is 0 Å². The van der Waals surface area contributed by atoms with E-state index in [0.717, 1.165) is 37.7 Å². The molecule has 3 aliphatic rings. The average molecular weight is 430 g/mol. The number of methoxy groups -OCH3 is 2. The number of esters is 1. The van der Waals surface area contributed by atoms with Gasteiger partial charge in [-0.05, 0) is 56.7 Å². The van der Waals surface area contributed by atoms with Crippen LogP contribution in [0.4, 0.5) is 0 Å². The summed E-state index contributed by atoms with van der Waals surface area (Å²) in [5.74, 6) is 0.903. The maximum atomic E-state index is 12.9. The van der Waals surface area contributed by atoms with Crippen LogP contribution >= 0.6 is 0 Å². The molecule has 1 aromatic rings. The molecule has 0 spiro atoms. The lowest BCUT2D eigenvalue weighted by Crippen LogP contribution is -2.40. The maximum Gasteiger partial charge on any atom is 0.309 e. The summed E-state index contributed by atoms with van der Waals surface area (Å²) in [5.41, 5.74) is 0.901. The van der Waals surface area contributed by atoms with Gasteiger partial charge in [0.25, 0.3) is 5.91 Å². The third kappa shape index (κ3) is 4.41. The minimum atomic E-state index is -0.340. The molecule has 1 amide bonds. The standard InChI is InChI=1S/C24H31NO6/c1-29-18-8-9-21(30-2)19(13-18)20-7-4-10-25(20)22(26)14-31-24(28)17-11-15-5-3-6-16(12-17)23(15)27/h8-9,13,15-17,20H,3-7,10-12,14H2,1-2H3/t15-,16+,17?,20-/m1/s1. The minimum Gasteiger partial charge on any atom is -0.497 e. The topological polar surface area (TPSA) is 82.1 Å². The molecule has 0 aromatic heterocycles. The highest BCUT2D eigenvalue weighted by atomic mass is 16.5. The average Bonchev–Trinajstić information content (AvgIpc) is 3.26. The Bertz CT molecular complexity index is 836. The summed E-state index contributed by atoms with van der Waals surface area (Å²) in [6.07, 6.45) is 5.62. The SMILES string of the molecule is COc1ccc(OC)c([C@H]2CCCN2C(=O)COC(=O)C2C[C@H]3CCC[C@@H](C2)C3=O)c1. The van der Waals surface area contributed by atoms with Gasteiger partial charge in [0.15, 0.2) is 6.61 Å². The van der Waals surface area contributed by atoms with Crippen molar-refractivity contribution in [3.63, 3.8) is 0 Å². The van der Waals surface area contributed by atoms with Gasteiger partial charge in [0.2, 0.25) is 0 Å². The molecular weight excluding hydrogens is 398 g/mol. The summed E-state index contributed by atoms with van der Waals surface area (Å²) < 4.78 is 16.3. The molecule has 4 atom stereocenters. The van der Waals surface area contributed by atoms with Crippen molar-refractivity contribution in [3.05, 3.63) is 23.8 Å². The number of nitrogens with zero attached hydrogens (tertiary/aromatic N) is 1. The van der Waals surface area contributed by atoms with E-state index >= 15 is 0 Å². The second kappa shape index (κ2) is 9.28. The van der Waals surface area contributed by atoms with Crippen LogP contribution in [0.5, 0.6) is 11.5 Å². The van der Waals surface area contributed by atoms with Crippen LogP contribution in [0, 0.1) is 17.8 Å². The zero-order chi connectivity index (χ0) is 22.0. The van der Waals surface area contributed by atoms with Crippen LogP contribution in [-0.4, -0.2) is 49.9 Å². The second-order valence-electron chi connectivity index (χ2n) is 8.86. The molecule has 0 N–H and O–H groups in total. The first-order chi connectivity index (χ1) is 15.0. The quantitative estimate of drug-likeness (QED) is 0.646. The Kier molecular flexibility index (Phi) is 6.49. The first kappa shape index (κ1) is 21.7. The molecule has 1 saturated heterocycles. The van der Waals surface area contributed by atoms with Crippen molar-refractivity contribution in [2.45, 2.75) is 51.0 Å². The van der Waals surface area contributed by atoms with Crippen molar-refractivity contribution >= 4 is 17.7 Å². The van der Waals surface area contributed by atoms with E-state index in [1.165, 1.54) is 0 Å². The van der Waals surface area contributed by atoms with Crippen LogP contribution in [0.1, 0.15) is 56.6 Å². The highest BCUT2D eigenvalue weighted by Gasteiger charge is 2.42. The van der Waals surface area contributed by atoms with Gasteiger partial charge < -0.3 is 19.1 Å². The molecule has 1 unspecified atom stereocenters. The molecule has 7 nitrogen and oxygen atoms in total. The molecule has 168 valence electrons. The van der Waals surface area contributed by atoms with E-state index in [0.29, 0.717) is 36.7 Å². The Morgan fingerprint density at radius 2 is 1.77 bits per heavy atom. The summed E-state index contributed by atoms with van der Waals surface area (Å²) in [7, 11) is 3.22. The van der Waals surface area contributed by atoms with Crippen molar-refractivity contribution in [3.8, 4) is 11.5 Å². The van der Waals surface area contributed by atoms with Gasteiger partial charge in [-0.3, -0.25) is 14.4 Å². The van der Waals surface area contributed by atoms with Crippen molar-refractivity contribution < 1.29 is 28.6 Å². The molecule has 0 radical (unpaired) electrons. The lowest BCUT2D eigenvalue weighted by atomic mass is 9.67. The number of benzene rings is 1. The summed E-state index contributed by atoms with van der Waals surface area (Å²) in [6.45, 7) is 0.352. The lowest BCUT2D eigenvalue weighted by Gasteiger charge is -2.36. The van der Waals surface area contributed by atoms with Crippen LogP contribution in [-0.2, 0) is 19.1 Å². The van der Waals surface area contributed by atoms with Crippen LogP contribution in [0.25, 0.3) is 0 Å². The summed E-state index contributed by atoms with van der Waals surface area (Å²) in [4.78, 5) is 39.6. The van der Waals surface area contributed by atoms with Crippen LogP contribution in [0.3, 0.4) is 0 Å². The van der Waals surface area contributed by atoms with E-state index in [1.54, 1.807) is 19.1 Å². The predicted octanol–water partition coefficient (Wildman–Crippen LogP) is 3.31. The van der Waals surface area contributed by atoms with Crippen molar-refractivity contribution in [2.24, 2.45) is 17.8 Å². The number of ketones is 1. The number of hydrogen-bond donors (Lipinski definition) is 0. The molecule has 4 rings (SSSR count). The largest absolute Gasteiger partial charge is 0.497 e. The highest BCUT2D eigenvalue weighted by molar-refractivity contribution is 5.88. The molecule has 1 heterocycles. The van der Waals surface area contributed by atoms with Gasteiger partial charge in [0.05, 0.1) is 26.2 Å². The predicted molar refractivity (Wildman–Crippen MR) is 113 cm³/mol. The van der Waals surface area contributed by atoms with Crippen molar-refractivity contribution in [2.75, 3.05) is 27.4 Å². The van der Waals surface area contributed by atoms with E-state index in [-0.39, 0.29) is 42.3 Å². The van der Waals surface area contributed by atoms with Gasteiger partial charge in [0, 0.05) is 23.9 Å². The first-order valence-electron chi connectivity index (χ1n) is 11.2. The Labute approximate surface area is 183 Å². The van der Waals surface area contributed by atoms with Crippen LogP contribution < -0.4 is 9.47 Å². The van der Waals surface area contributed by atoms with E-state index in [4.69, 9.17) is 14.2 Å². The fraction of sp³-hybridized carbons (Fsp3) is 0.625. The Hall–Kier alpha value is -2.57. The van der Waals surface area contributed by atoms with E-state index in [1.807, 2.05) is 18.2 Å². The van der Waals surface area contributed by atoms with Gasteiger partial charge in [-0.15, -0.1) is 0 Å². The van der Waals surface area contributed by atoms with Crippen LogP contribution in [0.15, 0.2) is 18.2 Å². The number of Topliss-reactive ketones (excluding diaryl/α,β-unsaturated/α-hetero) is 1. The number of amides is 1. The normalized spacial score (nSPS) is 27.7. The Balaban J connectivity index is 1.38. The van der Waals surface area contributed by atoms with Crippen molar-refractivity contribution in [1.82, 2.24) is 4.90 Å². The zero-order valence-corrected chi connectivity index (χ0v) is 18.3. The monoisotopic (exact) mass is 429 g/mol. The Morgan fingerprint density at radius 3 is 2.45 bits per heavy atom. The third-order valence-electron chi connectivity index (χ3n) is 7.09. The number of carbonyl (C=O) groups excluding carboxylic acids is 3. The van der Waals surface area contributed by atoms with Gasteiger partial charge in [-0.1, -0.05) is 6.42 Å². The molecule has 31 heavy (non-hydrogen) atoms. The molecule has 2 bridgehead atoms. The van der Waals surface area contributed by atoms with Crippen LogP contribution in [0.2, 0.25) is 0 Å². The molecule has 3 fully saturated rings. The number of likely N-dealkylation sites (tertiary alicyclic amines) is 1. The van der Waals surface area contributed by atoms with Gasteiger partial charge in [-0.25, -0.2) is 0 Å². The molecular formula is C24H31NO6. The van der Waals surface area contributed by atoms with Gasteiger partial charge in [-0.2, -0.15) is 0 Å². The molecule has 1 aromatic carbocycles. The van der Waals surface area contributed by atoms with Crippen molar-refractivity contribution in [1.29, 1.82) is 0 Å². The summed E-state index contributed by atoms with van der Waals surface area (Å²) in [5, 5.41) is 0. The molecule has 7 heteroatoms. The highest BCUT2D eigenvalue weighted by Crippen LogP contribution is 2.41. The van der Waals surface area contributed by atoms with Gasteiger partial charge >= 0.3 is 5.97 Å². The summed E-state index contributed by atoms with van der Waals surface area (Å²) in [6, 6.07) is 5.44. The number of ether oxygens (including phenoxy) is 3. The second-order valence-corrected chi connectivity index (χ2v) is 8.86. The maximum absolute atomic E-state index is 12.9. The fourth-order valence-corrected chi connectivity index (χ4v) is 5.49. The number of rotatable bonds is 6. The zero-order valence-electron chi connectivity index (χ0n) is 18.3. The third-order valence-corrected chi connectivity index (χ3v) is 7.09. The summed E-state index contributed by atoms with van der Waals surface area (Å²) >= 11 is 0. The number of hydrogen-bond acceptors (Lipinski definition) is 6. The van der Waals surface area contributed by atoms with Gasteiger partial charge in [0.1, 0.15) is 17.3 Å². The number of carbonyl (C=O) groups is 3. The smallest absolute Gasteiger partial charge is 0.309 e. The Morgan fingerprint density at radius 1 is 1.03 bits per heavy atom. The fourth-order valence-electron chi connectivity index (χ4n) is 5.49.